The van der Waals surface area contributed by atoms with Gasteiger partial charge in [-0.1, -0.05) is 6.07 Å². The van der Waals surface area contributed by atoms with E-state index in [0.717, 1.165) is 25.9 Å². The Balaban J connectivity index is 0.00000133. The Labute approximate surface area is 117 Å². The highest BCUT2D eigenvalue weighted by Crippen LogP contribution is 2.28. The Morgan fingerprint density at radius 1 is 1.26 bits per heavy atom. The first kappa shape index (κ1) is 14.1. The summed E-state index contributed by atoms with van der Waals surface area (Å²) in [5.74, 6) is -0.244. The van der Waals surface area contributed by atoms with Gasteiger partial charge in [-0.15, -0.1) is 12.4 Å². The fraction of sp³-hybridized carbons (Fsp3) is 0.462. The molecular weight excluding hydrogens is 269 g/mol. The Morgan fingerprint density at radius 2 is 2.00 bits per heavy atom. The van der Waals surface area contributed by atoms with E-state index < -0.39 is 0 Å². The van der Waals surface area contributed by atoms with Crippen LogP contribution in [0.15, 0.2) is 18.2 Å². The average molecular weight is 286 g/mol. The summed E-state index contributed by atoms with van der Waals surface area (Å²) in [6, 6.07) is 4.90. The monoisotopic (exact) mass is 285 g/mol. The van der Waals surface area contributed by atoms with Gasteiger partial charge in [-0.05, 0) is 38.1 Å². The molecule has 0 radical (unpaired) electrons. The van der Waals surface area contributed by atoms with E-state index in [2.05, 4.69) is 10.6 Å². The summed E-state index contributed by atoms with van der Waals surface area (Å²) in [7, 11) is 0. The lowest BCUT2D eigenvalue weighted by atomic mass is 10.0. The van der Waals surface area contributed by atoms with Gasteiger partial charge in [0.05, 0.1) is 12.2 Å². The number of rotatable bonds is 1. The lowest BCUT2D eigenvalue weighted by Crippen LogP contribution is -2.49. The van der Waals surface area contributed by atoms with Crippen molar-refractivity contribution in [2.45, 2.75) is 25.4 Å². The van der Waals surface area contributed by atoms with E-state index >= 15 is 0 Å². The quantitative estimate of drug-likeness (QED) is 0.832. The molecule has 0 spiro atoms. The third kappa shape index (κ3) is 2.67. The van der Waals surface area contributed by atoms with Crippen molar-refractivity contribution in [1.29, 1.82) is 0 Å². The first-order chi connectivity index (χ1) is 8.75. The van der Waals surface area contributed by atoms with E-state index in [1.807, 2.05) is 0 Å². The fourth-order valence-electron chi connectivity index (χ4n) is 2.68. The number of carbonyl (C=O) groups excluding carboxylic acids is 1. The number of piperidine rings is 1. The van der Waals surface area contributed by atoms with Crippen molar-refractivity contribution < 1.29 is 9.18 Å². The minimum atomic E-state index is -0.244. The Bertz CT molecular complexity index is 477. The molecule has 2 aliphatic heterocycles. The number of hydrogen-bond acceptors (Lipinski definition) is 2. The van der Waals surface area contributed by atoms with Gasteiger partial charge in [0, 0.05) is 11.6 Å². The summed E-state index contributed by atoms with van der Waals surface area (Å²) in [6.07, 6.45) is 1.86. The van der Waals surface area contributed by atoms with E-state index in [4.69, 9.17) is 0 Å². The highest BCUT2D eigenvalue weighted by molar-refractivity contribution is 5.92. The SMILES string of the molecule is Cl.O=C1Nc2cccc(F)c2CN1C1CCNCC1. The first-order valence-corrected chi connectivity index (χ1v) is 6.31. The van der Waals surface area contributed by atoms with Crippen LogP contribution in [0.5, 0.6) is 0 Å². The topological polar surface area (TPSA) is 44.4 Å². The van der Waals surface area contributed by atoms with Crippen molar-refractivity contribution in [2.24, 2.45) is 0 Å². The van der Waals surface area contributed by atoms with Gasteiger partial charge in [-0.3, -0.25) is 0 Å². The van der Waals surface area contributed by atoms with Crippen molar-refractivity contribution in [3.63, 3.8) is 0 Å². The van der Waals surface area contributed by atoms with E-state index in [1.54, 1.807) is 17.0 Å². The van der Waals surface area contributed by atoms with Crippen LogP contribution in [0.4, 0.5) is 14.9 Å². The standard InChI is InChI=1S/C13H16FN3O.ClH/c14-11-2-1-3-12-10(11)8-17(13(18)16-12)9-4-6-15-7-5-9;/h1-3,9,15H,4-8H2,(H,16,18);1H. The molecule has 2 N–H and O–H groups in total. The fourth-order valence-corrected chi connectivity index (χ4v) is 2.68. The normalized spacial score (nSPS) is 19.4. The molecule has 1 saturated heterocycles. The molecule has 104 valence electrons. The van der Waals surface area contributed by atoms with Crippen LogP contribution in [-0.4, -0.2) is 30.1 Å². The predicted molar refractivity (Wildman–Crippen MR) is 74.1 cm³/mol. The zero-order chi connectivity index (χ0) is 12.5. The predicted octanol–water partition coefficient (Wildman–Crippen LogP) is 2.35. The molecule has 0 atom stereocenters. The second-order valence-electron chi connectivity index (χ2n) is 4.81. The van der Waals surface area contributed by atoms with Crippen LogP contribution < -0.4 is 10.6 Å². The number of fused-ring (bicyclic) bond motifs is 1. The van der Waals surface area contributed by atoms with Crippen LogP contribution in [-0.2, 0) is 6.54 Å². The number of urea groups is 1. The second kappa shape index (κ2) is 5.75. The number of nitrogens with zero attached hydrogens (tertiary/aromatic N) is 1. The summed E-state index contributed by atoms with van der Waals surface area (Å²) >= 11 is 0. The molecule has 0 saturated carbocycles. The molecule has 4 nitrogen and oxygen atoms in total. The largest absolute Gasteiger partial charge is 0.322 e. The van der Waals surface area contributed by atoms with Crippen molar-refractivity contribution in [3.8, 4) is 0 Å². The molecule has 0 aliphatic carbocycles. The van der Waals surface area contributed by atoms with Crippen LogP contribution in [0.2, 0.25) is 0 Å². The zero-order valence-corrected chi connectivity index (χ0v) is 11.3. The maximum Gasteiger partial charge on any atom is 0.322 e. The molecule has 3 rings (SSSR count). The zero-order valence-electron chi connectivity index (χ0n) is 10.5. The van der Waals surface area contributed by atoms with Crippen LogP contribution >= 0.6 is 12.4 Å². The molecule has 2 aliphatic rings. The molecular formula is C13H17ClFN3O. The van der Waals surface area contributed by atoms with Gasteiger partial charge in [-0.2, -0.15) is 0 Å². The summed E-state index contributed by atoms with van der Waals surface area (Å²) in [4.78, 5) is 13.8. The van der Waals surface area contributed by atoms with E-state index in [1.165, 1.54) is 6.07 Å². The van der Waals surface area contributed by atoms with Crippen LogP contribution in [0.3, 0.4) is 0 Å². The van der Waals surface area contributed by atoms with Gasteiger partial charge in [0.1, 0.15) is 5.82 Å². The smallest absolute Gasteiger partial charge is 0.317 e. The van der Waals surface area contributed by atoms with Gasteiger partial charge in [0.25, 0.3) is 0 Å². The Kier molecular flexibility index (Phi) is 4.27. The van der Waals surface area contributed by atoms with Crippen molar-refractivity contribution in [1.82, 2.24) is 10.2 Å². The summed E-state index contributed by atoms with van der Waals surface area (Å²) in [5, 5.41) is 6.04. The minimum absolute atomic E-state index is 0. The Morgan fingerprint density at radius 3 is 2.74 bits per heavy atom. The number of hydrogen-bond donors (Lipinski definition) is 2. The number of amides is 2. The van der Waals surface area contributed by atoms with Gasteiger partial charge in [0.2, 0.25) is 0 Å². The lowest BCUT2D eigenvalue weighted by molar-refractivity contribution is 0.162. The molecule has 0 aromatic heterocycles. The average Bonchev–Trinajstić information content (AvgIpc) is 2.39. The van der Waals surface area contributed by atoms with Crippen LogP contribution in [0, 0.1) is 5.82 Å². The van der Waals surface area contributed by atoms with Crippen molar-refractivity contribution >= 4 is 24.1 Å². The number of nitrogens with one attached hydrogen (secondary N) is 2. The van der Waals surface area contributed by atoms with E-state index in [9.17, 15) is 9.18 Å². The van der Waals surface area contributed by atoms with Gasteiger partial charge >= 0.3 is 6.03 Å². The summed E-state index contributed by atoms with van der Waals surface area (Å²) in [6.45, 7) is 2.20. The van der Waals surface area contributed by atoms with Crippen LogP contribution in [0.25, 0.3) is 0 Å². The number of anilines is 1. The molecule has 2 heterocycles. The van der Waals surface area contributed by atoms with Crippen molar-refractivity contribution in [3.05, 3.63) is 29.6 Å². The van der Waals surface area contributed by atoms with Gasteiger partial charge in [-0.25, -0.2) is 9.18 Å². The molecule has 0 bridgehead atoms. The molecule has 19 heavy (non-hydrogen) atoms. The number of benzene rings is 1. The molecule has 1 fully saturated rings. The molecule has 0 unspecified atom stereocenters. The minimum Gasteiger partial charge on any atom is -0.317 e. The molecule has 1 aromatic carbocycles. The maximum atomic E-state index is 13.7. The molecule has 1 aromatic rings. The highest BCUT2D eigenvalue weighted by atomic mass is 35.5. The second-order valence-corrected chi connectivity index (χ2v) is 4.81. The molecule has 2 amide bonds. The third-order valence-corrected chi connectivity index (χ3v) is 3.70. The maximum absolute atomic E-state index is 13.7. The molecule has 6 heteroatoms. The van der Waals surface area contributed by atoms with E-state index in [0.29, 0.717) is 17.8 Å². The first-order valence-electron chi connectivity index (χ1n) is 6.31. The number of halogens is 2. The third-order valence-electron chi connectivity index (χ3n) is 3.70. The van der Waals surface area contributed by atoms with Crippen molar-refractivity contribution in [2.75, 3.05) is 18.4 Å². The summed E-state index contributed by atoms with van der Waals surface area (Å²) < 4.78 is 13.7. The van der Waals surface area contributed by atoms with Gasteiger partial charge < -0.3 is 15.5 Å². The highest BCUT2D eigenvalue weighted by Gasteiger charge is 2.30. The Hall–Kier alpha value is -1.33. The van der Waals surface area contributed by atoms with Gasteiger partial charge in [0.15, 0.2) is 0 Å². The number of carbonyl (C=O) groups is 1. The lowest BCUT2D eigenvalue weighted by Gasteiger charge is -2.37. The van der Waals surface area contributed by atoms with Crippen LogP contribution in [0.1, 0.15) is 18.4 Å². The van der Waals surface area contributed by atoms with E-state index in [-0.39, 0.29) is 30.3 Å². The summed E-state index contributed by atoms with van der Waals surface area (Å²) in [5.41, 5.74) is 1.20.